The fourth-order valence-electron chi connectivity index (χ4n) is 4.53. The predicted molar refractivity (Wildman–Crippen MR) is 110 cm³/mol. The van der Waals surface area contributed by atoms with Gasteiger partial charge in [-0.3, -0.25) is 4.79 Å². The molecule has 0 aromatic rings. The molecule has 0 bridgehead atoms. The largest absolute Gasteiger partial charge is 1.00 e. The normalized spacial score (nSPS) is 30.7. The van der Waals surface area contributed by atoms with Crippen LogP contribution in [0.25, 0.3) is 0 Å². The first-order chi connectivity index (χ1) is 14.5. The van der Waals surface area contributed by atoms with Crippen LogP contribution < -0.4 is 34.7 Å². The SMILES string of the molecule is CC(O)C(C)C(=O)OC1CC(O)C=C2C=CC(C)C(CCC(O)CC(O)CC(=O)[O-])C21.[Na+]. The summed E-state index contributed by atoms with van der Waals surface area (Å²) in [5.41, 5.74) is 0.885. The fourth-order valence-corrected chi connectivity index (χ4v) is 4.53. The van der Waals surface area contributed by atoms with E-state index in [1.165, 1.54) is 6.92 Å². The van der Waals surface area contributed by atoms with Gasteiger partial charge in [-0.05, 0) is 50.5 Å². The second-order valence-corrected chi connectivity index (χ2v) is 9.08. The summed E-state index contributed by atoms with van der Waals surface area (Å²) < 4.78 is 5.74. The topological polar surface area (TPSA) is 147 Å². The molecule has 0 heterocycles. The van der Waals surface area contributed by atoms with Crippen molar-refractivity contribution in [2.75, 3.05) is 0 Å². The average Bonchev–Trinajstić information content (AvgIpc) is 2.65. The minimum Gasteiger partial charge on any atom is -0.550 e. The van der Waals surface area contributed by atoms with Crippen molar-refractivity contribution in [1.82, 2.24) is 0 Å². The van der Waals surface area contributed by atoms with E-state index in [2.05, 4.69) is 0 Å². The maximum atomic E-state index is 12.5. The first-order valence-corrected chi connectivity index (χ1v) is 11.0. The molecule has 9 atom stereocenters. The van der Waals surface area contributed by atoms with Crippen molar-refractivity contribution in [2.45, 2.75) is 83.4 Å². The van der Waals surface area contributed by atoms with E-state index in [1.54, 1.807) is 13.0 Å². The fraction of sp³-hybridized carbons (Fsp3) is 0.739. The van der Waals surface area contributed by atoms with Crippen LogP contribution in [0.15, 0.2) is 23.8 Å². The second-order valence-electron chi connectivity index (χ2n) is 9.08. The van der Waals surface area contributed by atoms with Crippen molar-refractivity contribution >= 4 is 11.9 Å². The molecule has 2 aliphatic carbocycles. The van der Waals surface area contributed by atoms with Crippen molar-refractivity contribution in [3.8, 4) is 0 Å². The van der Waals surface area contributed by atoms with Crippen molar-refractivity contribution in [3.05, 3.63) is 23.8 Å². The molecule has 8 nitrogen and oxygen atoms in total. The number of hydrogen-bond donors (Lipinski definition) is 4. The molecule has 0 aliphatic heterocycles. The summed E-state index contributed by atoms with van der Waals surface area (Å²) in [5, 5.41) is 50.6. The number of ether oxygens (including phenoxy) is 1. The van der Waals surface area contributed by atoms with E-state index in [9.17, 15) is 35.1 Å². The number of aliphatic carboxylic acids is 1. The molecule has 32 heavy (non-hydrogen) atoms. The number of allylic oxidation sites excluding steroid dienone is 2. The second kappa shape index (κ2) is 13.2. The van der Waals surface area contributed by atoms with Gasteiger partial charge in [0.25, 0.3) is 0 Å². The summed E-state index contributed by atoms with van der Waals surface area (Å²) in [4.78, 5) is 23.1. The minimum atomic E-state index is -1.36. The average molecular weight is 463 g/mol. The Hall–Kier alpha value is -0.740. The van der Waals surface area contributed by atoms with Crippen LogP contribution in [0.3, 0.4) is 0 Å². The molecule has 0 fully saturated rings. The summed E-state index contributed by atoms with van der Waals surface area (Å²) in [6, 6.07) is 0. The van der Waals surface area contributed by atoms with Crippen LogP contribution >= 0.6 is 0 Å². The number of carboxylic acid groups (broad SMARTS) is 1. The summed E-state index contributed by atoms with van der Waals surface area (Å²) >= 11 is 0. The van der Waals surface area contributed by atoms with E-state index < -0.39 is 54.8 Å². The van der Waals surface area contributed by atoms with E-state index in [0.717, 1.165) is 5.57 Å². The third kappa shape index (κ3) is 8.24. The molecule has 0 spiro atoms. The third-order valence-corrected chi connectivity index (χ3v) is 6.52. The van der Waals surface area contributed by atoms with E-state index in [0.29, 0.717) is 12.8 Å². The number of carbonyl (C=O) groups is 2. The van der Waals surface area contributed by atoms with E-state index in [-0.39, 0.29) is 60.2 Å². The Labute approximate surface area is 211 Å². The molecule has 2 rings (SSSR count). The summed E-state index contributed by atoms with van der Waals surface area (Å²) in [7, 11) is 0. The van der Waals surface area contributed by atoms with Gasteiger partial charge < -0.3 is 35.1 Å². The van der Waals surface area contributed by atoms with Gasteiger partial charge in [0.05, 0.1) is 30.3 Å². The Balaban J connectivity index is 0.00000512. The maximum Gasteiger partial charge on any atom is 1.00 e. The minimum absolute atomic E-state index is 0. The number of aliphatic hydroxyl groups excluding tert-OH is 4. The Morgan fingerprint density at radius 3 is 2.47 bits per heavy atom. The van der Waals surface area contributed by atoms with Crippen LogP contribution in [0.1, 0.15) is 52.9 Å². The zero-order valence-corrected chi connectivity index (χ0v) is 21.4. The number of rotatable bonds is 10. The summed E-state index contributed by atoms with van der Waals surface area (Å²) in [5.74, 6) is -2.57. The molecular formula is C23H35NaO8. The molecule has 9 heteroatoms. The van der Waals surface area contributed by atoms with E-state index in [4.69, 9.17) is 4.74 Å². The molecule has 0 aromatic carbocycles. The Kier molecular flexibility index (Phi) is 12.1. The zero-order chi connectivity index (χ0) is 23.3. The monoisotopic (exact) mass is 462 g/mol. The van der Waals surface area contributed by atoms with E-state index >= 15 is 0 Å². The van der Waals surface area contributed by atoms with Gasteiger partial charge in [-0.25, -0.2) is 0 Å². The van der Waals surface area contributed by atoms with E-state index in [1.807, 2.05) is 19.1 Å². The van der Waals surface area contributed by atoms with Gasteiger partial charge in [-0.1, -0.05) is 25.2 Å². The van der Waals surface area contributed by atoms with Crippen LogP contribution in [0, 0.1) is 23.7 Å². The summed E-state index contributed by atoms with van der Waals surface area (Å²) in [6.07, 6.45) is 2.16. The third-order valence-electron chi connectivity index (χ3n) is 6.52. The van der Waals surface area contributed by atoms with Crippen LogP contribution in [-0.2, 0) is 14.3 Å². The first-order valence-electron chi connectivity index (χ1n) is 11.0. The van der Waals surface area contributed by atoms with Crippen LogP contribution in [0.5, 0.6) is 0 Å². The molecule has 176 valence electrons. The van der Waals surface area contributed by atoms with Gasteiger partial charge in [-0.2, -0.15) is 0 Å². The number of esters is 1. The Bertz CT molecular complexity index is 691. The number of fused-ring (bicyclic) bond motifs is 1. The predicted octanol–water partition coefficient (Wildman–Crippen LogP) is -2.92. The van der Waals surface area contributed by atoms with Gasteiger partial charge in [0.1, 0.15) is 6.10 Å². The number of hydrogen-bond acceptors (Lipinski definition) is 8. The standard InChI is InChI=1S/C23H36O8.Na/c1-12-4-5-15-8-17(26)10-20(31-23(30)13(2)14(3)24)22(15)19(12)7-6-16(25)9-18(27)11-21(28)29;/h4-5,8,12-14,16-20,22,24-27H,6-7,9-11H2,1-3H3,(H,28,29);/q;+1/p-1. The summed E-state index contributed by atoms with van der Waals surface area (Å²) in [6.45, 7) is 5.16. The molecule has 0 saturated heterocycles. The molecule has 0 radical (unpaired) electrons. The molecular weight excluding hydrogens is 427 g/mol. The van der Waals surface area contributed by atoms with Gasteiger partial charge in [0, 0.05) is 24.7 Å². The van der Waals surface area contributed by atoms with Crippen LogP contribution in [0.2, 0.25) is 0 Å². The Morgan fingerprint density at radius 1 is 1.22 bits per heavy atom. The quantitative estimate of drug-likeness (QED) is 0.199. The van der Waals surface area contributed by atoms with Gasteiger partial charge in [-0.15, -0.1) is 0 Å². The zero-order valence-electron chi connectivity index (χ0n) is 19.4. The molecule has 0 aromatic heterocycles. The molecule has 9 unspecified atom stereocenters. The van der Waals surface area contributed by atoms with Gasteiger partial charge >= 0.3 is 35.5 Å². The van der Waals surface area contributed by atoms with Crippen molar-refractivity contribution in [2.24, 2.45) is 23.7 Å². The van der Waals surface area contributed by atoms with Gasteiger partial charge in [0.15, 0.2) is 0 Å². The number of carbonyl (C=O) groups excluding carboxylic acids is 2. The molecule has 2 aliphatic rings. The Morgan fingerprint density at radius 2 is 1.88 bits per heavy atom. The molecule has 4 N–H and O–H groups in total. The van der Waals surface area contributed by atoms with Gasteiger partial charge in [0.2, 0.25) is 0 Å². The van der Waals surface area contributed by atoms with Crippen molar-refractivity contribution < 1.29 is 69.4 Å². The molecule has 0 amide bonds. The number of aliphatic hydroxyl groups is 4. The molecule has 0 saturated carbocycles. The van der Waals surface area contributed by atoms with Crippen LogP contribution in [0.4, 0.5) is 0 Å². The number of carboxylic acids is 1. The maximum absolute atomic E-state index is 12.5. The first kappa shape index (κ1) is 29.3. The van der Waals surface area contributed by atoms with Crippen molar-refractivity contribution in [3.63, 3.8) is 0 Å². The van der Waals surface area contributed by atoms with Crippen LogP contribution in [-0.4, -0.2) is 62.9 Å². The smallest absolute Gasteiger partial charge is 0.550 e. The van der Waals surface area contributed by atoms with Crippen molar-refractivity contribution in [1.29, 1.82) is 0 Å².